The van der Waals surface area contributed by atoms with Gasteiger partial charge in [0.2, 0.25) is 5.70 Å². The Balaban J connectivity index is 2.49. The molecular formula is C8H11NO4. The number of aliphatic hydroxyl groups excluding tert-OH is 1. The maximum atomic E-state index is 10.3. The number of hydrogen-bond acceptors (Lipinski definition) is 4. The molecule has 0 unspecified atom stereocenters. The molecule has 0 radical (unpaired) electrons. The molecule has 0 saturated heterocycles. The highest BCUT2D eigenvalue weighted by Gasteiger charge is 2.15. The predicted octanol–water partition coefficient (Wildman–Crippen LogP) is 0.834. The summed E-state index contributed by atoms with van der Waals surface area (Å²) in [5.41, 5.74) is 0.205. The molecule has 1 aliphatic rings. The van der Waals surface area contributed by atoms with E-state index in [0.717, 1.165) is 0 Å². The average Bonchev–Trinajstić information content (AvgIpc) is 2.15. The van der Waals surface area contributed by atoms with Crippen molar-refractivity contribution in [3.05, 3.63) is 33.7 Å². The Hall–Kier alpha value is -1.36. The first-order valence-electron chi connectivity index (χ1n) is 4.02. The minimum absolute atomic E-state index is 0.0385. The van der Waals surface area contributed by atoms with Gasteiger partial charge in [0.25, 0.3) is 0 Å². The number of allylic oxidation sites excluding steroid dienone is 4. The second-order valence-corrected chi connectivity index (χ2v) is 2.62. The molecule has 72 valence electrons. The van der Waals surface area contributed by atoms with Crippen molar-refractivity contribution in [3.63, 3.8) is 0 Å². The molecule has 5 heteroatoms. The molecule has 0 atom stereocenters. The molecule has 13 heavy (non-hydrogen) atoms. The smallest absolute Gasteiger partial charge is 0.246 e. The van der Waals surface area contributed by atoms with Crippen LogP contribution in [-0.4, -0.2) is 23.2 Å². The van der Waals surface area contributed by atoms with Gasteiger partial charge in [-0.1, -0.05) is 0 Å². The first-order chi connectivity index (χ1) is 6.24. The Morgan fingerprint density at radius 1 is 1.54 bits per heavy atom. The van der Waals surface area contributed by atoms with E-state index < -0.39 is 0 Å². The Bertz CT molecular complexity index is 257. The molecule has 0 spiro atoms. The molecule has 1 N–H and O–H groups in total. The third-order valence-corrected chi connectivity index (χ3v) is 1.70. The van der Waals surface area contributed by atoms with Crippen molar-refractivity contribution >= 4 is 0 Å². The van der Waals surface area contributed by atoms with Gasteiger partial charge < -0.3 is 9.84 Å². The van der Waals surface area contributed by atoms with Crippen LogP contribution in [0.5, 0.6) is 0 Å². The fourth-order valence-corrected chi connectivity index (χ4v) is 1.06. The third-order valence-electron chi connectivity index (χ3n) is 1.70. The molecule has 5 nitrogen and oxygen atoms in total. The molecule has 0 aromatic heterocycles. The second kappa shape index (κ2) is 4.61. The van der Waals surface area contributed by atoms with Crippen molar-refractivity contribution in [1.82, 2.24) is 0 Å². The van der Waals surface area contributed by atoms with Crippen molar-refractivity contribution < 1.29 is 14.8 Å². The van der Waals surface area contributed by atoms with Gasteiger partial charge in [-0.25, -0.2) is 0 Å². The normalized spacial score (nSPS) is 16.1. The van der Waals surface area contributed by atoms with Crippen LogP contribution >= 0.6 is 0 Å². The van der Waals surface area contributed by atoms with E-state index in [2.05, 4.69) is 0 Å². The van der Waals surface area contributed by atoms with Crippen LogP contribution in [0.2, 0.25) is 0 Å². The van der Waals surface area contributed by atoms with Gasteiger partial charge >= 0.3 is 0 Å². The second-order valence-electron chi connectivity index (χ2n) is 2.62. The van der Waals surface area contributed by atoms with Gasteiger partial charge in [-0.2, -0.15) is 0 Å². The zero-order valence-electron chi connectivity index (χ0n) is 7.10. The Labute approximate surface area is 75.5 Å². The Kier molecular flexibility index (Phi) is 3.45. The zero-order chi connectivity index (χ0) is 9.68. The lowest BCUT2D eigenvalue weighted by Gasteiger charge is -2.10. The quantitative estimate of drug-likeness (QED) is 0.520. The highest BCUT2D eigenvalue weighted by molar-refractivity contribution is 5.16. The highest BCUT2D eigenvalue weighted by Crippen LogP contribution is 2.18. The summed E-state index contributed by atoms with van der Waals surface area (Å²) in [5.74, 6) is 0.694. The largest absolute Gasteiger partial charge is 0.496 e. The van der Waals surface area contributed by atoms with Gasteiger partial charge in [0.05, 0.1) is 17.3 Å². The summed E-state index contributed by atoms with van der Waals surface area (Å²) in [6, 6.07) is 0. The summed E-state index contributed by atoms with van der Waals surface area (Å²) < 4.78 is 5.10. The van der Waals surface area contributed by atoms with E-state index in [9.17, 15) is 10.1 Å². The van der Waals surface area contributed by atoms with Crippen LogP contribution in [-0.2, 0) is 4.74 Å². The number of hydrogen-bond donors (Lipinski definition) is 1. The van der Waals surface area contributed by atoms with Crippen LogP contribution in [0.15, 0.2) is 23.6 Å². The van der Waals surface area contributed by atoms with Crippen LogP contribution < -0.4 is 0 Å². The van der Waals surface area contributed by atoms with E-state index in [4.69, 9.17) is 9.84 Å². The van der Waals surface area contributed by atoms with Gasteiger partial charge in [0.1, 0.15) is 6.61 Å². The van der Waals surface area contributed by atoms with E-state index in [1.54, 1.807) is 6.08 Å². The molecule has 0 heterocycles. The number of nitrogens with zero attached hydrogens (tertiary/aromatic N) is 1. The first kappa shape index (κ1) is 9.73. The minimum atomic E-state index is -0.390. The van der Waals surface area contributed by atoms with Crippen molar-refractivity contribution in [2.75, 3.05) is 13.2 Å². The first-order valence-corrected chi connectivity index (χ1v) is 4.02. The van der Waals surface area contributed by atoms with E-state index in [1.807, 2.05) is 0 Å². The predicted molar refractivity (Wildman–Crippen MR) is 45.4 cm³/mol. The number of rotatable bonds is 4. The van der Waals surface area contributed by atoms with E-state index in [-0.39, 0.29) is 23.8 Å². The van der Waals surface area contributed by atoms with Gasteiger partial charge in [0.15, 0.2) is 0 Å². The number of aliphatic hydroxyl groups is 1. The molecule has 1 rings (SSSR count). The van der Waals surface area contributed by atoms with Crippen LogP contribution in [0, 0.1) is 10.1 Å². The average molecular weight is 185 g/mol. The van der Waals surface area contributed by atoms with Crippen LogP contribution in [0.3, 0.4) is 0 Å². The van der Waals surface area contributed by atoms with Crippen LogP contribution in [0.25, 0.3) is 0 Å². The molecule has 0 fully saturated rings. The Morgan fingerprint density at radius 3 is 2.77 bits per heavy atom. The summed E-state index contributed by atoms with van der Waals surface area (Å²) in [6.07, 6.45) is 3.95. The van der Waals surface area contributed by atoms with E-state index in [1.165, 1.54) is 6.08 Å². The van der Waals surface area contributed by atoms with Crippen molar-refractivity contribution in [3.8, 4) is 0 Å². The number of nitro groups is 1. The highest BCUT2D eigenvalue weighted by atomic mass is 16.6. The van der Waals surface area contributed by atoms with E-state index >= 15 is 0 Å². The van der Waals surface area contributed by atoms with Gasteiger partial charge in [-0.15, -0.1) is 0 Å². The van der Waals surface area contributed by atoms with Gasteiger partial charge in [-0.05, 0) is 6.08 Å². The maximum absolute atomic E-state index is 10.3. The van der Waals surface area contributed by atoms with E-state index in [0.29, 0.717) is 18.6 Å². The third kappa shape index (κ3) is 2.87. The zero-order valence-corrected chi connectivity index (χ0v) is 7.10. The molecule has 0 amide bonds. The van der Waals surface area contributed by atoms with Crippen molar-refractivity contribution in [2.45, 2.75) is 12.8 Å². The van der Waals surface area contributed by atoms with Gasteiger partial charge in [-0.3, -0.25) is 10.1 Å². The molecule has 0 bridgehead atoms. The summed E-state index contributed by atoms with van der Waals surface area (Å²) in [5, 5.41) is 18.8. The lowest BCUT2D eigenvalue weighted by molar-refractivity contribution is -0.428. The fourth-order valence-electron chi connectivity index (χ4n) is 1.06. The standard InChI is InChI=1S/C8H11NO4/c10-5-6-13-8-3-1-7(2-4-8)9(11)12/h1,3,10H,2,4-6H2. The topological polar surface area (TPSA) is 72.6 Å². The fraction of sp³-hybridized carbons (Fsp3) is 0.500. The molecule has 0 saturated carbocycles. The summed E-state index contributed by atoms with van der Waals surface area (Å²) in [6.45, 7) is 0.205. The van der Waals surface area contributed by atoms with Crippen LogP contribution in [0.1, 0.15) is 12.8 Å². The monoisotopic (exact) mass is 185 g/mol. The lowest BCUT2D eigenvalue weighted by atomic mass is 10.1. The molecule has 0 aromatic carbocycles. The number of ether oxygens (including phenoxy) is 1. The Morgan fingerprint density at radius 2 is 2.31 bits per heavy atom. The molecule has 0 aromatic rings. The van der Waals surface area contributed by atoms with Crippen molar-refractivity contribution in [2.24, 2.45) is 0 Å². The molecule has 0 aliphatic heterocycles. The van der Waals surface area contributed by atoms with Crippen molar-refractivity contribution in [1.29, 1.82) is 0 Å². The van der Waals surface area contributed by atoms with Gasteiger partial charge in [0, 0.05) is 18.9 Å². The SMILES string of the molecule is O=[N+]([O-])C1=CC=C(OCCO)CC1. The summed E-state index contributed by atoms with van der Waals surface area (Å²) >= 11 is 0. The summed E-state index contributed by atoms with van der Waals surface area (Å²) in [4.78, 5) is 9.91. The molecule has 1 aliphatic carbocycles. The summed E-state index contributed by atoms with van der Waals surface area (Å²) in [7, 11) is 0. The molecular weight excluding hydrogens is 174 g/mol. The van der Waals surface area contributed by atoms with Crippen LogP contribution in [0.4, 0.5) is 0 Å². The maximum Gasteiger partial charge on any atom is 0.246 e. The lowest BCUT2D eigenvalue weighted by Crippen LogP contribution is -2.06. The minimum Gasteiger partial charge on any atom is -0.496 e.